The Labute approximate surface area is 115 Å². The van der Waals surface area contributed by atoms with Crippen molar-refractivity contribution in [1.82, 2.24) is 20.6 Å². The Balaban J connectivity index is 2.37. The van der Waals surface area contributed by atoms with E-state index in [0.29, 0.717) is 5.69 Å². The summed E-state index contributed by atoms with van der Waals surface area (Å²) in [5.41, 5.74) is 0.637. The number of carbonyl (C=O) groups is 3. The Bertz CT molecular complexity index is 513. The molecular formula is C12H14N4O4. The molecule has 0 aromatic carbocycles. The lowest BCUT2D eigenvalue weighted by Gasteiger charge is -2.05. The molecule has 0 radical (unpaired) electrons. The molecule has 0 spiro atoms. The van der Waals surface area contributed by atoms with Gasteiger partial charge in [-0.1, -0.05) is 6.08 Å². The molecule has 8 nitrogen and oxygen atoms in total. The van der Waals surface area contributed by atoms with E-state index in [4.69, 9.17) is 0 Å². The van der Waals surface area contributed by atoms with Crippen LogP contribution < -0.4 is 10.6 Å². The fourth-order valence-electron chi connectivity index (χ4n) is 1.07. The molecule has 3 amide bonds. The topological polar surface area (TPSA) is 110 Å². The number of rotatable bonds is 5. The normalized spacial score (nSPS) is 9.45. The van der Waals surface area contributed by atoms with Gasteiger partial charge in [0.15, 0.2) is 12.3 Å². The second-order valence-electron chi connectivity index (χ2n) is 3.67. The number of nitrogens with zero attached hydrogens (tertiary/aromatic N) is 2. The molecule has 1 rings (SSSR count). The standard InChI is InChI=1S/C12H14N4O4/c1-3-4-13-12(19)16-10(17)7-20-11(18)9-6-14-8(2)5-15-9/h3,5-6H,1,4,7H2,2H3,(H2,13,16,17,19). The molecule has 0 fully saturated rings. The van der Waals surface area contributed by atoms with Crippen LogP contribution in [0.25, 0.3) is 0 Å². The fraction of sp³-hybridized carbons (Fsp3) is 0.250. The Kier molecular flexibility index (Phi) is 5.82. The van der Waals surface area contributed by atoms with E-state index >= 15 is 0 Å². The number of hydrogen-bond acceptors (Lipinski definition) is 6. The average Bonchev–Trinajstić information content (AvgIpc) is 2.43. The molecule has 106 valence electrons. The van der Waals surface area contributed by atoms with Crippen LogP contribution in [-0.2, 0) is 9.53 Å². The lowest BCUT2D eigenvalue weighted by atomic mass is 10.4. The number of esters is 1. The first kappa shape index (κ1) is 15.3. The summed E-state index contributed by atoms with van der Waals surface area (Å²) in [7, 11) is 0. The van der Waals surface area contributed by atoms with Crippen LogP contribution in [0.1, 0.15) is 16.2 Å². The van der Waals surface area contributed by atoms with Crippen molar-refractivity contribution in [2.45, 2.75) is 6.92 Å². The van der Waals surface area contributed by atoms with Crippen molar-refractivity contribution in [3.05, 3.63) is 36.4 Å². The summed E-state index contributed by atoms with van der Waals surface area (Å²) in [5.74, 6) is -1.54. The van der Waals surface area contributed by atoms with Crippen molar-refractivity contribution >= 4 is 17.9 Å². The Hall–Kier alpha value is -2.77. The van der Waals surface area contributed by atoms with Crippen molar-refractivity contribution in [2.24, 2.45) is 0 Å². The number of urea groups is 1. The van der Waals surface area contributed by atoms with Gasteiger partial charge in [-0.2, -0.15) is 0 Å². The lowest BCUT2D eigenvalue weighted by molar-refractivity contribution is -0.123. The third-order valence-corrected chi connectivity index (χ3v) is 1.98. The van der Waals surface area contributed by atoms with Gasteiger partial charge in [-0.3, -0.25) is 15.1 Å². The predicted molar refractivity (Wildman–Crippen MR) is 68.8 cm³/mol. The number of hydrogen-bond donors (Lipinski definition) is 2. The van der Waals surface area contributed by atoms with E-state index in [0.717, 1.165) is 0 Å². The maximum absolute atomic E-state index is 11.5. The number of amides is 3. The van der Waals surface area contributed by atoms with E-state index < -0.39 is 24.5 Å². The summed E-state index contributed by atoms with van der Waals surface area (Å²) in [5, 5.41) is 4.32. The Morgan fingerprint density at radius 2 is 2.10 bits per heavy atom. The highest BCUT2D eigenvalue weighted by atomic mass is 16.5. The summed E-state index contributed by atoms with van der Waals surface area (Å²) in [6, 6.07) is -0.693. The minimum Gasteiger partial charge on any atom is -0.451 e. The third kappa shape index (κ3) is 5.25. The monoisotopic (exact) mass is 278 g/mol. The van der Waals surface area contributed by atoms with Crippen LogP contribution in [-0.4, -0.2) is 41.0 Å². The first-order valence-electron chi connectivity index (χ1n) is 5.67. The SMILES string of the molecule is C=CCNC(=O)NC(=O)COC(=O)c1cnc(C)cn1. The van der Waals surface area contributed by atoms with E-state index in [-0.39, 0.29) is 12.2 Å². The molecule has 0 aliphatic heterocycles. The van der Waals surface area contributed by atoms with Crippen molar-refractivity contribution in [2.75, 3.05) is 13.2 Å². The first-order valence-corrected chi connectivity index (χ1v) is 5.67. The predicted octanol–water partition coefficient (Wildman–Crippen LogP) is -0.0464. The third-order valence-electron chi connectivity index (χ3n) is 1.98. The maximum atomic E-state index is 11.5. The summed E-state index contributed by atoms with van der Waals surface area (Å²) in [6.45, 7) is 4.75. The molecule has 0 aliphatic rings. The minimum absolute atomic E-state index is 0.0143. The summed E-state index contributed by atoms with van der Waals surface area (Å²) < 4.78 is 4.68. The smallest absolute Gasteiger partial charge is 0.359 e. The number of imide groups is 1. The van der Waals surface area contributed by atoms with Gasteiger partial charge in [-0.05, 0) is 6.92 Å². The molecule has 2 N–H and O–H groups in total. The molecule has 8 heteroatoms. The van der Waals surface area contributed by atoms with Crippen molar-refractivity contribution < 1.29 is 19.1 Å². The number of carbonyl (C=O) groups excluding carboxylic acids is 3. The summed E-state index contributed by atoms with van der Waals surface area (Å²) >= 11 is 0. The molecule has 0 aliphatic carbocycles. The number of aryl methyl sites for hydroxylation is 1. The van der Waals surface area contributed by atoms with E-state index in [1.54, 1.807) is 6.92 Å². The second-order valence-corrected chi connectivity index (χ2v) is 3.67. The van der Waals surface area contributed by atoms with Crippen LogP contribution in [0.15, 0.2) is 25.0 Å². The highest BCUT2D eigenvalue weighted by Gasteiger charge is 2.13. The van der Waals surface area contributed by atoms with Crippen molar-refractivity contribution in [3.8, 4) is 0 Å². The maximum Gasteiger partial charge on any atom is 0.359 e. The van der Waals surface area contributed by atoms with E-state index in [1.165, 1.54) is 18.5 Å². The molecule has 0 saturated carbocycles. The summed E-state index contributed by atoms with van der Waals surface area (Å²) in [4.78, 5) is 41.6. The molecule has 1 aromatic rings. The molecule has 20 heavy (non-hydrogen) atoms. The second kappa shape index (κ2) is 7.62. The van der Waals surface area contributed by atoms with E-state index in [1.807, 2.05) is 5.32 Å². The van der Waals surface area contributed by atoms with Crippen LogP contribution in [0.5, 0.6) is 0 Å². The lowest BCUT2D eigenvalue weighted by Crippen LogP contribution is -2.41. The minimum atomic E-state index is -0.792. The van der Waals surface area contributed by atoms with Gasteiger partial charge in [-0.15, -0.1) is 6.58 Å². The van der Waals surface area contributed by atoms with Crippen molar-refractivity contribution in [3.63, 3.8) is 0 Å². The van der Waals surface area contributed by atoms with Gasteiger partial charge in [0.1, 0.15) is 0 Å². The largest absolute Gasteiger partial charge is 0.451 e. The number of aromatic nitrogens is 2. The number of ether oxygens (including phenoxy) is 1. The molecule has 0 saturated heterocycles. The molecular weight excluding hydrogens is 264 g/mol. The molecule has 1 aromatic heterocycles. The highest BCUT2D eigenvalue weighted by molar-refractivity contribution is 5.96. The zero-order valence-electron chi connectivity index (χ0n) is 10.9. The fourth-order valence-corrected chi connectivity index (χ4v) is 1.07. The van der Waals surface area contributed by atoms with Crippen molar-refractivity contribution in [1.29, 1.82) is 0 Å². The highest BCUT2D eigenvalue weighted by Crippen LogP contribution is 1.96. The van der Waals surface area contributed by atoms with Crippen LogP contribution in [0.2, 0.25) is 0 Å². The average molecular weight is 278 g/mol. The van der Waals surface area contributed by atoms with Gasteiger partial charge in [0.25, 0.3) is 5.91 Å². The van der Waals surface area contributed by atoms with Crippen LogP contribution in [0, 0.1) is 6.92 Å². The van der Waals surface area contributed by atoms with Gasteiger partial charge in [-0.25, -0.2) is 14.6 Å². The number of nitrogens with one attached hydrogen (secondary N) is 2. The van der Waals surface area contributed by atoms with Gasteiger partial charge < -0.3 is 10.1 Å². The summed E-state index contributed by atoms with van der Waals surface area (Å²) in [6.07, 6.45) is 4.10. The van der Waals surface area contributed by atoms with Gasteiger partial charge in [0.2, 0.25) is 0 Å². The van der Waals surface area contributed by atoms with Gasteiger partial charge in [0, 0.05) is 12.7 Å². The zero-order valence-corrected chi connectivity index (χ0v) is 10.9. The molecule has 1 heterocycles. The van der Waals surface area contributed by atoms with Gasteiger partial charge in [0.05, 0.1) is 11.9 Å². The first-order chi connectivity index (χ1) is 9.52. The van der Waals surface area contributed by atoms with E-state index in [9.17, 15) is 14.4 Å². The van der Waals surface area contributed by atoms with Crippen LogP contribution in [0.3, 0.4) is 0 Å². The zero-order chi connectivity index (χ0) is 15.0. The molecule has 0 atom stereocenters. The van der Waals surface area contributed by atoms with Crippen LogP contribution in [0.4, 0.5) is 4.79 Å². The molecule has 0 unspecified atom stereocenters. The quantitative estimate of drug-likeness (QED) is 0.577. The van der Waals surface area contributed by atoms with Gasteiger partial charge >= 0.3 is 12.0 Å². The Morgan fingerprint density at radius 1 is 1.35 bits per heavy atom. The molecule has 0 bridgehead atoms. The van der Waals surface area contributed by atoms with Crippen LogP contribution >= 0.6 is 0 Å². The Morgan fingerprint density at radius 3 is 2.70 bits per heavy atom. The van der Waals surface area contributed by atoms with E-state index in [2.05, 4.69) is 26.6 Å².